The molecule has 0 radical (unpaired) electrons. The number of likely N-dealkylation sites (tertiary alicyclic amines) is 1. The number of nitrogens with two attached hydrogens (primary N) is 1. The van der Waals surface area contributed by atoms with Crippen molar-refractivity contribution in [2.45, 2.75) is 45.2 Å². The fourth-order valence-corrected chi connectivity index (χ4v) is 3.37. The molecule has 3 unspecified atom stereocenters. The quantitative estimate of drug-likeness (QED) is 0.839. The zero-order chi connectivity index (χ0) is 14.5. The Labute approximate surface area is 122 Å². The van der Waals surface area contributed by atoms with Gasteiger partial charge in [-0.3, -0.25) is 4.90 Å². The van der Waals surface area contributed by atoms with Crippen molar-refractivity contribution in [3.05, 3.63) is 35.4 Å². The van der Waals surface area contributed by atoms with Gasteiger partial charge in [0.15, 0.2) is 0 Å². The van der Waals surface area contributed by atoms with Gasteiger partial charge in [0.25, 0.3) is 0 Å². The summed E-state index contributed by atoms with van der Waals surface area (Å²) in [4.78, 5) is 2.52. The van der Waals surface area contributed by atoms with Crippen LogP contribution in [-0.4, -0.2) is 35.7 Å². The van der Waals surface area contributed by atoms with Crippen LogP contribution in [0.5, 0.6) is 0 Å². The van der Waals surface area contributed by atoms with Crippen molar-refractivity contribution in [3.8, 4) is 0 Å². The first-order valence-corrected chi connectivity index (χ1v) is 7.83. The summed E-state index contributed by atoms with van der Waals surface area (Å²) >= 11 is 0. The second kappa shape index (κ2) is 7.21. The van der Waals surface area contributed by atoms with Crippen LogP contribution in [0.25, 0.3) is 0 Å². The standard InChI is InChI=1S/C17H28N2O/c1-3-16(18)17(15-7-5-4-6-13(15)2)19-10-8-14(12-19)9-11-20/h4-7,14,16-17,20H,3,8-12,18H2,1-2H3. The van der Waals surface area contributed by atoms with Crippen molar-refractivity contribution in [1.29, 1.82) is 0 Å². The van der Waals surface area contributed by atoms with Gasteiger partial charge in [-0.25, -0.2) is 0 Å². The predicted molar refractivity (Wildman–Crippen MR) is 83.6 cm³/mol. The molecular formula is C17H28N2O. The Bertz CT molecular complexity index is 421. The maximum atomic E-state index is 9.12. The summed E-state index contributed by atoms with van der Waals surface area (Å²) in [5.74, 6) is 0.621. The molecule has 0 saturated carbocycles. The molecule has 1 saturated heterocycles. The Hall–Kier alpha value is -0.900. The highest BCUT2D eigenvalue weighted by Gasteiger charge is 2.32. The monoisotopic (exact) mass is 276 g/mol. The maximum absolute atomic E-state index is 9.12. The van der Waals surface area contributed by atoms with Gasteiger partial charge in [-0.1, -0.05) is 31.2 Å². The van der Waals surface area contributed by atoms with E-state index in [0.717, 1.165) is 25.9 Å². The molecule has 1 fully saturated rings. The average Bonchev–Trinajstić information content (AvgIpc) is 2.90. The lowest BCUT2D eigenvalue weighted by Crippen LogP contribution is -2.40. The predicted octanol–water partition coefficient (Wildman–Crippen LogP) is 2.48. The Morgan fingerprint density at radius 2 is 2.15 bits per heavy atom. The number of benzene rings is 1. The molecule has 0 spiro atoms. The molecule has 0 aromatic heterocycles. The van der Waals surface area contributed by atoms with E-state index in [0.29, 0.717) is 18.6 Å². The lowest BCUT2D eigenvalue weighted by atomic mass is 9.93. The van der Waals surface area contributed by atoms with Gasteiger partial charge in [-0.2, -0.15) is 0 Å². The van der Waals surface area contributed by atoms with E-state index in [1.165, 1.54) is 17.5 Å². The third kappa shape index (κ3) is 3.40. The van der Waals surface area contributed by atoms with E-state index in [1.807, 2.05) is 0 Å². The number of hydrogen-bond donors (Lipinski definition) is 2. The minimum atomic E-state index is 0.170. The van der Waals surface area contributed by atoms with Crippen LogP contribution in [-0.2, 0) is 0 Å². The Balaban J connectivity index is 2.19. The summed E-state index contributed by atoms with van der Waals surface area (Å²) in [5.41, 5.74) is 9.12. The van der Waals surface area contributed by atoms with Crippen LogP contribution in [0, 0.1) is 12.8 Å². The number of nitrogens with zero attached hydrogens (tertiary/aromatic N) is 1. The molecule has 1 aromatic carbocycles. The minimum absolute atomic E-state index is 0.170. The number of hydrogen-bond acceptors (Lipinski definition) is 3. The topological polar surface area (TPSA) is 49.5 Å². The fraction of sp³-hybridized carbons (Fsp3) is 0.647. The Morgan fingerprint density at radius 1 is 1.40 bits per heavy atom. The molecule has 3 N–H and O–H groups in total. The summed E-state index contributed by atoms with van der Waals surface area (Å²) in [6.45, 7) is 6.79. The molecule has 3 atom stereocenters. The third-order valence-electron chi connectivity index (χ3n) is 4.63. The highest BCUT2D eigenvalue weighted by molar-refractivity contribution is 5.30. The van der Waals surface area contributed by atoms with Crippen molar-refractivity contribution >= 4 is 0 Å². The first kappa shape index (κ1) is 15.5. The molecule has 1 aromatic rings. The van der Waals surface area contributed by atoms with E-state index < -0.39 is 0 Å². The van der Waals surface area contributed by atoms with Gasteiger partial charge >= 0.3 is 0 Å². The van der Waals surface area contributed by atoms with Crippen LogP contribution in [0.15, 0.2) is 24.3 Å². The van der Waals surface area contributed by atoms with E-state index >= 15 is 0 Å². The number of aliphatic hydroxyl groups excluding tert-OH is 1. The first-order valence-electron chi connectivity index (χ1n) is 7.83. The van der Waals surface area contributed by atoms with Crippen LogP contribution in [0.3, 0.4) is 0 Å². The molecule has 1 heterocycles. The smallest absolute Gasteiger partial charge is 0.0501 e. The zero-order valence-electron chi connectivity index (χ0n) is 12.8. The van der Waals surface area contributed by atoms with Gasteiger partial charge in [0.05, 0.1) is 6.04 Å². The summed E-state index contributed by atoms with van der Waals surface area (Å²) in [6.07, 6.45) is 3.08. The molecule has 0 bridgehead atoms. The van der Waals surface area contributed by atoms with Crippen molar-refractivity contribution in [2.75, 3.05) is 19.7 Å². The second-order valence-electron chi connectivity index (χ2n) is 6.04. The summed E-state index contributed by atoms with van der Waals surface area (Å²) in [6, 6.07) is 9.07. The Kier molecular flexibility index (Phi) is 5.58. The molecule has 3 nitrogen and oxygen atoms in total. The van der Waals surface area contributed by atoms with Crippen molar-refractivity contribution in [1.82, 2.24) is 4.90 Å². The van der Waals surface area contributed by atoms with Crippen LogP contribution in [0.1, 0.15) is 43.4 Å². The van der Waals surface area contributed by atoms with Crippen LogP contribution < -0.4 is 5.73 Å². The number of aliphatic hydroxyl groups is 1. The third-order valence-corrected chi connectivity index (χ3v) is 4.63. The van der Waals surface area contributed by atoms with Crippen molar-refractivity contribution < 1.29 is 5.11 Å². The summed E-state index contributed by atoms with van der Waals surface area (Å²) < 4.78 is 0. The van der Waals surface area contributed by atoms with Gasteiger partial charge < -0.3 is 10.8 Å². The summed E-state index contributed by atoms with van der Waals surface area (Å²) in [5, 5.41) is 9.12. The molecule has 2 rings (SSSR count). The summed E-state index contributed by atoms with van der Waals surface area (Å²) in [7, 11) is 0. The highest BCUT2D eigenvalue weighted by atomic mass is 16.3. The van der Waals surface area contributed by atoms with Gasteiger partial charge in [0, 0.05) is 19.2 Å². The van der Waals surface area contributed by atoms with Crippen LogP contribution >= 0.6 is 0 Å². The maximum Gasteiger partial charge on any atom is 0.0501 e. The van der Waals surface area contributed by atoms with E-state index in [9.17, 15) is 0 Å². The molecule has 20 heavy (non-hydrogen) atoms. The normalized spacial score (nSPS) is 22.9. The first-order chi connectivity index (χ1) is 9.67. The van der Waals surface area contributed by atoms with Gasteiger partial charge in [0.1, 0.15) is 0 Å². The van der Waals surface area contributed by atoms with Crippen LogP contribution in [0.2, 0.25) is 0 Å². The molecule has 112 valence electrons. The van der Waals surface area contributed by atoms with Crippen molar-refractivity contribution in [2.24, 2.45) is 11.7 Å². The van der Waals surface area contributed by atoms with Gasteiger partial charge in [-0.05, 0) is 49.8 Å². The lowest BCUT2D eigenvalue weighted by molar-refractivity contribution is 0.193. The molecular weight excluding hydrogens is 248 g/mol. The van der Waals surface area contributed by atoms with E-state index in [2.05, 4.69) is 43.0 Å². The van der Waals surface area contributed by atoms with Crippen LogP contribution in [0.4, 0.5) is 0 Å². The molecule has 1 aliphatic rings. The van der Waals surface area contributed by atoms with Gasteiger partial charge in [0.2, 0.25) is 0 Å². The number of aryl methyl sites for hydroxylation is 1. The van der Waals surface area contributed by atoms with E-state index in [1.54, 1.807) is 0 Å². The number of rotatable bonds is 6. The zero-order valence-corrected chi connectivity index (χ0v) is 12.8. The molecule has 0 amide bonds. The van der Waals surface area contributed by atoms with E-state index in [4.69, 9.17) is 10.8 Å². The minimum Gasteiger partial charge on any atom is -0.396 e. The average molecular weight is 276 g/mol. The van der Waals surface area contributed by atoms with Gasteiger partial charge in [-0.15, -0.1) is 0 Å². The fourth-order valence-electron chi connectivity index (χ4n) is 3.37. The lowest BCUT2D eigenvalue weighted by Gasteiger charge is -2.33. The SMILES string of the molecule is CCC(N)C(c1ccccc1C)N1CCC(CCO)C1. The van der Waals surface area contributed by atoms with E-state index in [-0.39, 0.29) is 6.04 Å². The molecule has 0 aliphatic carbocycles. The second-order valence-corrected chi connectivity index (χ2v) is 6.04. The highest BCUT2D eigenvalue weighted by Crippen LogP contribution is 2.33. The Morgan fingerprint density at radius 3 is 2.80 bits per heavy atom. The molecule has 3 heteroatoms. The molecule has 1 aliphatic heterocycles. The largest absolute Gasteiger partial charge is 0.396 e. The van der Waals surface area contributed by atoms with Crippen molar-refractivity contribution in [3.63, 3.8) is 0 Å².